The van der Waals surface area contributed by atoms with E-state index in [0.717, 1.165) is 36.0 Å². The topological polar surface area (TPSA) is 133 Å². The summed E-state index contributed by atoms with van der Waals surface area (Å²) in [5.74, 6) is -0.656. The van der Waals surface area contributed by atoms with Gasteiger partial charge in [-0.3, -0.25) is 0 Å². The number of benzene rings is 4. The quantitative estimate of drug-likeness (QED) is 0.0494. The number of ether oxygens (including phenoxy) is 4. The van der Waals surface area contributed by atoms with Crippen LogP contribution in [0.2, 0.25) is 0 Å². The number of halogens is 5. The van der Waals surface area contributed by atoms with Crippen LogP contribution in [0.4, 0.5) is 22.0 Å². The Hall–Kier alpha value is -5.72. The maximum atomic E-state index is 14.8. The number of esters is 2. The zero-order chi connectivity index (χ0) is 56.5. The summed E-state index contributed by atoms with van der Waals surface area (Å²) < 4.78 is 125. The molecule has 7 rings (SSSR count). The fraction of sp³-hybridized carbons (Fsp3) is 0.474. The second-order valence-corrected chi connectivity index (χ2v) is 24.6. The van der Waals surface area contributed by atoms with E-state index in [-0.39, 0.29) is 34.2 Å². The van der Waals surface area contributed by atoms with Gasteiger partial charge in [0, 0.05) is 17.5 Å². The van der Waals surface area contributed by atoms with Gasteiger partial charge in [0.2, 0.25) is 0 Å². The number of carbonyl (C=O) groups excluding carboxylic acids is 2. The number of carbonyl (C=O) groups is 2. The van der Waals surface area contributed by atoms with Gasteiger partial charge in [-0.1, -0.05) is 73.6 Å². The Bertz CT molecular complexity index is 2940. The van der Waals surface area contributed by atoms with Crippen LogP contribution in [-0.4, -0.2) is 72.6 Å². The lowest BCUT2D eigenvalue weighted by Gasteiger charge is -2.40. The number of hydrogen-bond acceptors (Lipinski definition) is 11. The monoisotopic (exact) mass is 1070 g/mol. The zero-order valence-electron chi connectivity index (χ0n) is 45.8. The zero-order valence-corrected chi connectivity index (χ0v) is 46.6. The summed E-state index contributed by atoms with van der Waals surface area (Å²) in [4.78, 5) is 24.2. The largest absolute Gasteiger partial charge is 0.534 e. The molecule has 1 aliphatic heterocycles. The van der Waals surface area contributed by atoms with Gasteiger partial charge in [-0.25, -0.2) is 18.4 Å². The molecule has 0 saturated carbocycles. The van der Waals surface area contributed by atoms with Gasteiger partial charge < -0.3 is 32.4 Å². The number of allylic oxidation sites excluding steroid dienone is 4. The fourth-order valence-corrected chi connectivity index (χ4v) is 10.8. The Balaban J connectivity index is 0.000000214. The molecule has 0 unspecified atom stereocenters. The van der Waals surface area contributed by atoms with Crippen LogP contribution in [0.15, 0.2) is 90.7 Å². The molecule has 4 aromatic carbocycles. The smallest absolute Gasteiger partial charge is 0.497 e. The second kappa shape index (κ2) is 22.1. The van der Waals surface area contributed by atoms with Crippen LogP contribution in [0, 0.1) is 33.3 Å². The number of alkyl halides is 3. The molecule has 0 N–H and O–H groups in total. The Labute approximate surface area is 439 Å². The van der Waals surface area contributed by atoms with E-state index in [4.69, 9.17) is 28.3 Å². The van der Waals surface area contributed by atoms with Gasteiger partial charge >= 0.3 is 34.7 Å². The summed E-state index contributed by atoms with van der Waals surface area (Å²) in [5.41, 5.74) is -1.73. The van der Waals surface area contributed by atoms with Gasteiger partial charge in [-0.2, -0.15) is 21.6 Å². The van der Waals surface area contributed by atoms with Crippen molar-refractivity contribution in [2.24, 2.45) is 21.7 Å². The van der Waals surface area contributed by atoms with E-state index in [1.165, 1.54) is 39.5 Å². The van der Waals surface area contributed by atoms with Crippen LogP contribution in [-0.2, 0) is 33.1 Å². The highest BCUT2D eigenvalue weighted by Gasteiger charge is 2.53. The SMILES string of the molecule is CC1(C)C=C(OS(=O)(=O)C(F)(F)F)CC(C)(C)C1.COC(=O)c1ccc(-c2cc(OC)ccc2F)c(B2OC(C)(C)C(C)(C)O2)c1.COC(=O)c1ccc(-c2cc(OC)ccc2F)c(C2=CC(C)(C)CC(C)(C)C2)c1. The van der Waals surface area contributed by atoms with Crippen LogP contribution in [0.1, 0.15) is 135 Å². The lowest BCUT2D eigenvalue weighted by molar-refractivity contribution is -0.0529. The van der Waals surface area contributed by atoms with Crippen LogP contribution < -0.4 is 14.9 Å². The summed E-state index contributed by atoms with van der Waals surface area (Å²) >= 11 is 0. The number of rotatable bonds is 10. The highest BCUT2D eigenvalue weighted by molar-refractivity contribution is 7.87. The average molecular weight is 1070 g/mol. The van der Waals surface area contributed by atoms with E-state index in [2.05, 4.69) is 38.0 Å². The molecule has 3 aliphatic rings. The molecule has 75 heavy (non-hydrogen) atoms. The maximum Gasteiger partial charge on any atom is 0.534 e. The highest BCUT2D eigenvalue weighted by Crippen LogP contribution is 2.50. The van der Waals surface area contributed by atoms with Gasteiger partial charge in [0.15, 0.2) is 0 Å². The van der Waals surface area contributed by atoms with Crippen molar-refractivity contribution in [3.05, 3.63) is 119 Å². The van der Waals surface area contributed by atoms with Gasteiger partial charge in [-0.05, 0) is 163 Å². The van der Waals surface area contributed by atoms with Crippen molar-refractivity contribution < 1.29 is 72.4 Å². The van der Waals surface area contributed by atoms with Gasteiger partial charge in [-0.15, -0.1) is 0 Å². The van der Waals surface area contributed by atoms with Crippen LogP contribution in [0.25, 0.3) is 27.8 Å². The summed E-state index contributed by atoms with van der Waals surface area (Å²) in [5, 5.41) is 0. The van der Waals surface area contributed by atoms with Crippen LogP contribution >= 0.6 is 0 Å². The lowest BCUT2D eigenvalue weighted by Crippen LogP contribution is -2.41. The third-order valence-corrected chi connectivity index (χ3v) is 14.5. The first-order valence-electron chi connectivity index (χ1n) is 24.3. The van der Waals surface area contributed by atoms with Crippen molar-refractivity contribution >= 4 is 40.2 Å². The molecule has 408 valence electrons. The van der Waals surface area contributed by atoms with Crippen molar-refractivity contribution in [1.82, 2.24) is 0 Å². The Kier molecular flexibility index (Phi) is 17.7. The Morgan fingerprint density at radius 3 is 1.44 bits per heavy atom. The predicted octanol–water partition coefficient (Wildman–Crippen LogP) is 13.7. The minimum atomic E-state index is -5.57. The third kappa shape index (κ3) is 14.6. The predicted molar refractivity (Wildman–Crippen MR) is 281 cm³/mol. The molecule has 0 amide bonds. The first-order chi connectivity index (χ1) is 34.4. The molecule has 0 spiro atoms. The molecule has 1 fully saturated rings. The van der Waals surface area contributed by atoms with Crippen molar-refractivity contribution in [3.63, 3.8) is 0 Å². The normalized spacial score (nSPS) is 18.9. The van der Waals surface area contributed by atoms with E-state index in [9.17, 15) is 40.0 Å². The molecular weight excluding hydrogens is 998 g/mol. The molecule has 0 radical (unpaired) electrons. The number of methoxy groups -OCH3 is 4. The molecule has 4 aromatic rings. The fourth-order valence-electron chi connectivity index (χ4n) is 10.3. The van der Waals surface area contributed by atoms with E-state index < -0.39 is 57.1 Å². The summed E-state index contributed by atoms with van der Waals surface area (Å²) in [7, 11) is -0.575. The molecular formula is C57H70BF5O11S. The van der Waals surface area contributed by atoms with Crippen molar-refractivity contribution in [2.75, 3.05) is 28.4 Å². The second-order valence-electron chi connectivity index (χ2n) is 23.1. The molecule has 0 bridgehead atoms. The Morgan fingerprint density at radius 1 is 0.560 bits per heavy atom. The standard InChI is InChI=1S/C25H29FO3.C21H24BFO5.C11H17F3O3S/c1-24(2)13-17(14-25(3,4)15-24)20-11-16(23(27)29-6)7-9-19(20)21-12-18(28-5)8-10-22(21)26;1-20(2)21(3,4)28-22(27-20)17-11-13(19(24)26-6)7-9-15(17)16-12-14(25-5)8-10-18(16)23;1-9(2)5-8(6-10(3,4)7-9)17-18(15,16)11(12,13)14/h7-13H,14-15H2,1-6H3;7-12H,1-6H3;5H,6-7H2,1-4H3. The first kappa shape index (κ1) is 60.2. The van der Waals surface area contributed by atoms with E-state index in [1.807, 2.05) is 61.5 Å². The third-order valence-electron chi connectivity index (χ3n) is 13.5. The minimum Gasteiger partial charge on any atom is -0.497 e. The van der Waals surface area contributed by atoms with E-state index in [0.29, 0.717) is 44.8 Å². The Morgan fingerprint density at radius 2 is 1.00 bits per heavy atom. The summed E-state index contributed by atoms with van der Waals surface area (Å²) in [6, 6.07) is 19.4. The molecule has 1 saturated heterocycles. The first-order valence-corrected chi connectivity index (χ1v) is 25.7. The molecule has 1 heterocycles. The van der Waals surface area contributed by atoms with Crippen molar-refractivity contribution in [3.8, 4) is 33.8 Å². The lowest BCUT2D eigenvalue weighted by atomic mass is 9.65. The van der Waals surface area contributed by atoms with E-state index in [1.54, 1.807) is 61.7 Å². The summed E-state index contributed by atoms with van der Waals surface area (Å²) in [6.45, 7) is 24.0. The molecule has 0 aromatic heterocycles. The van der Waals surface area contributed by atoms with Gasteiger partial charge in [0.1, 0.15) is 28.9 Å². The van der Waals surface area contributed by atoms with Crippen LogP contribution in [0.3, 0.4) is 0 Å². The highest BCUT2D eigenvalue weighted by atomic mass is 32.2. The number of hydrogen-bond donors (Lipinski definition) is 0. The summed E-state index contributed by atoms with van der Waals surface area (Å²) in [6.07, 6.45) is 6.55. The average Bonchev–Trinajstić information content (AvgIpc) is 3.51. The minimum absolute atomic E-state index is 0.00253. The molecule has 0 atom stereocenters. The van der Waals surface area contributed by atoms with Gasteiger partial charge in [0.05, 0.1) is 50.8 Å². The van der Waals surface area contributed by atoms with Crippen molar-refractivity contribution in [2.45, 2.75) is 125 Å². The van der Waals surface area contributed by atoms with Crippen molar-refractivity contribution in [1.29, 1.82) is 0 Å². The molecule has 2 aliphatic carbocycles. The van der Waals surface area contributed by atoms with E-state index >= 15 is 0 Å². The molecule has 18 heteroatoms. The van der Waals surface area contributed by atoms with Gasteiger partial charge in [0.25, 0.3) is 0 Å². The van der Waals surface area contributed by atoms with Crippen LogP contribution in [0.5, 0.6) is 11.5 Å². The maximum absolute atomic E-state index is 14.8. The molecule has 11 nitrogen and oxygen atoms in total.